The van der Waals surface area contributed by atoms with Crippen LogP contribution in [0.25, 0.3) is 11.3 Å². The maximum absolute atomic E-state index is 14.2. The second kappa shape index (κ2) is 14.9. The van der Waals surface area contributed by atoms with E-state index >= 15 is 0 Å². The minimum atomic E-state index is -0.537. The quantitative estimate of drug-likeness (QED) is 0.223. The van der Waals surface area contributed by atoms with Gasteiger partial charge in [-0.1, -0.05) is 0 Å². The Morgan fingerprint density at radius 2 is 1.17 bits per heavy atom. The van der Waals surface area contributed by atoms with E-state index in [1.165, 1.54) is 45.7 Å². The first kappa shape index (κ1) is 37.8. The number of imidazole rings is 2. The highest BCUT2D eigenvalue weighted by atomic mass is 19.1. The van der Waals surface area contributed by atoms with Crippen molar-refractivity contribution < 1.29 is 28.0 Å². The molecular formula is C39H38F2N14O4. The molecule has 4 fully saturated rings. The number of pyridine rings is 2. The molecule has 6 aromatic rings. The first-order chi connectivity index (χ1) is 28.4. The molecule has 0 saturated carbocycles. The Balaban J connectivity index is 0.000000152. The lowest BCUT2D eigenvalue weighted by atomic mass is 10.0. The molecule has 0 spiro atoms. The van der Waals surface area contributed by atoms with E-state index in [1.807, 2.05) is 7.05 Å². The fourth-order valence-electron chi connectivity index (χ4n) is 8.27. The molecule has 0 bridgehead atoms. The summed E-state index contributed by atoms with van der Waals surface area (Å²) >= 11 is 0. The summed E-state index contributed by atoms with van der Waals surface area (Å²) in [7, 11) is 2.01. The molecule has 20 heteroatoms. The largest absolute Gasteiger partial charge is 0.319 e. The van der Waals surface area contributed by atoms with Crippen molar-refractivity contribution in [2.45, 2.75) is 13.8 Å². The maximum Gasteiger partial charge on any atom is 0.275 e. The molecule has 10 heterocycles. The Kier molecular flexibility index (Phi) is 9.51. The van der Waals surface area contributed by atoms with Crippen LogP contribution < -0.4 is 25.8 Å². The zero-order valence-corrected chi connectivity index (χ0v) is 32.1. The van der Waals surface area contributed by atoms with Gasteiger partial charge in [-0.15, -0.1) is 0 Å². The third kappa shape index (κ3) is 7.20. The molecule has 4 saturated heterocycles. The van der Waals surface area contributed by atoms with Crippen molar-refractivity contribution in [3.05, 3.63) is 96.1 Å². The summed E-state index contributed by atoms with van der Waals surface area (Å²) < 4.78 is 31.4. The predicted octanol–water partition coefficient (Wildman–Crippen LogP) is 2.35. The van der Waals surface area contributed by atoms with Crippen molar-refractivity contribution in [3.63, 3.8) is 0 Å². The van der Waals surface area contributed by atoms with E-state index in [0.717, 1.165) is 19.6 Å². The highest BCUT2D eigenvalue weighted by Gasteiger charge is 2.46. The molecule has 59 heavy (non-hydrogen) atoms. The molecule has 0 aliphatic carbocycles. The van der Waals surface area contributed by atoms with E-state index in [9.17, 15) is 28.0 Å². The molecule has 4 amide bonds. The van der Waals surface area contributed by atoms with Gasteiger partial charge in [0.25, 0.3) is 11.8 Å². The lowest BCUT2D eigenvalue weighted by Crippen LogP contribution is -2.32. The lowest BCUT2D eigenvalue weighted by Gasteiger charge is -2.18. The van der Waals surface area contributed by atoms with E-state index in [0.29, 0.717) is 48.6 Å². The standard InChI is InChI=1S/C20H20FN7O2.C19H18FN7O2/c1-11-6-27-9-13(3-15(21)18(27)24-11)25-19(29)16-4-23-17(5-22-16)28-8-12-7-26(2)10-14(12)20(28)30;1-10-7-26-9-12(2-14(20)17(26)24-10)25-18(28)15-5-23-16(6-22-15)27-8-11-3-21-4-13(11)19(27)29/h3-6,9,12,14H,7-8,10H2,1-2H3,(H,25,29);2,5-7,9,11,13,21H,3-4,8H2,1H3,(H,25,28)/t12-,14-;11-,13-/m11/s1. The third-order valence-corrected chi connectivity index (χ3v) is 11.0. The summed E-state index contributed by atoms with van der Waals surface area (Å²) in [6.07, 6.45) is 12.0. The first-order valence-corrected chi connectivity index (χ1v) is 19.0. The molecule has 3 N–H and O–H groups in total. The van der Waals surface area contributed by atoms with Gasteiger partial charge in [0.05, 0.1) is 59.4 Å². The van der Waals surface area contributed by atoms with Gasteiger partial charge >= 0.3 is 0 Å². The third-order valence-electron chi connectivity index (χ3n) is 11.0. The van der Waals surface area contributed by atoms with Gasteiger partial charge < -0.3 is 29.7 Å². The van der Waals surface area contributed by atoms with Crippen LogP contribution in [-0.2, 0) is 9.59 Å². The number of nitrogens with one attached hydrogen (secondary N) is 3. The minimum Gasteiger partial charge on any atom is -0.319 e. The van der Waals surface area contributed by atoms with Gasteiger partial charge in [0, 0.05) is 88.0 Å². The van der Waals surface area contributed by atoms with Crippen LogP contribution in [-0.4, -0.2) is 114 Å². The zero-order chi connectivity index (χ0) is 41.1. The van der Waals surface area contributed by atoms with Crippen LogP contribution in [0.15, 0.2) is 61.7 Å². The fraction of sp³-hybridized carbons (Fsp3) is 0.333. The number of nitrogens with zero attached hydrogens (tertiary/aromatic N) is 11. The van der Waals surface area contributed by atoms with Crippen LogP contribution >= 0.6 is 0 Å². The highest BCUT2D eigenvalue weighted by molar-refractivity contribution is 6.04. The number of aromatic nitrogens is 8. The van der Waals surface area contributed by atoms with Gasteiger partial charge in [0.2, 0.25) is 11.8 Å². The van der Waals surface area contributed by atoms with Gasteiger partial charge in [-0.3, -0.25) is 29.0 Å². The summed E-state index contributed by atoms with van der Waals surface area (Å²) in [6, 6.07) is 2.41. The van der Waals surface area contributed by atoms with Crippen LogP contribution in [0.4, 0.5) is 31.8 Å². The molecule has 4 aliphatic heterocycles. The molecule has 302 valence electrons. The summed E-state index contributed by atoms with van der Waals surface area (Å²) in [4.78, 5) is 80.5. The second-order valence-corrected chi connectivity index (χ2v) is 15.3. The number of hydrogen-bond acceptors (Lipinski definition) is 12. The van der Waals surface area contributed by atoms with Gasteiger partial charge in [-0.05, 0) is 20.9 Å². The molecule has 4 aliphatic rings. The van der Waals surface area contributed by atoms with Crippen molar-refractivity contribution in [2.24, 2.45) is 23.7 Å². The fourth-order valence-corrected chi connectivity index (χ4v) is 8.27. The summed E-state index contributed by atoms with van der Waals surface area (Å²) in [5.74, 6) is -0.598. The highest BCUT2D eigenvalue weighted by Crippen LogP contribution is 2.34. The molecular weight excluding hydrogens is 767 g/mol. The van der Waals surface area contributed by atoms with Gasteiger partial charge in [-0.25, -0.2) is 38.7 Å². The van der Waals surface area contributed by atoms with Crippen molar-refractivity contribution in [3.8, 4) is 0 Å². The number of halogens is 2. The van der Waals surface area contributed by atoms with Crippen LogP contribution in [0, 0.1) is 49.2 Å². The van der Waals surface area contributed by atoms with Gasteiger partial charge in [-0.2, -0.15) is 0 Å². The van der Waals surface area contributed by atoms with E-state index in [4.69, 9.17) is 0 Å². The van der Waals surface area contributed by atoms with Crippen molar-refractivity contribution in [1.29, 1.82) is 0 Å². The number of rotatable bonds is 6. The smallest absolute Gasteiger partial charge is 0.275 e. The second-order valence-electron chi connectivity index (χ2n) is 15.3. The van der Waals surface area contributed by atoms with E-state index in [-0.39, 0.29) is 63.6 Å². The van der Waals surface area contributed by atoms with Crippen molar-refractivity contribution in [1.82, 2.24) is 48.9 Å². The van der Waals surface area contributed by atoms with E-state index in [1.54, 1.807) is 48.4 Å². The Hall–Kier alpha value is -6.80. The van der Waals surface area contributed by atoms with Crippen LogP contribution in [0.3, 0.4) is 0 Å². The Morgan fingerprint density at radius 1 is 0.661 bits per heavy atom. The van der Waals surface area contributed by atoms with Crippen LogP contribution in [0.2, 0.25) is 0 Å². The predicted molar refractivity (Wildman–Crippen MR) is 209 cm³/mol. The zero-order valence-electron chi connectivity index (χ0n) is 32.1. The monoisotopic (exact) mass is 804 g/mol. The number of anilines is 4. The Bertz CT molecular complexity index is 2650. The number of hydrogen-bond donors (Lipinski definition) is 3. The maximum atomic E-state index is 14.2. The molecule has 18 nitrogen and oxygen atoms in total. The number of amides is 4. The summed E-state index contributed by atoms with van der Waals surface area (Å²) in [6.45, 7) is 7.87. The van der Waals surface area contributed by atoms with Crippen molar-refractivity contribution >= 4 is 57.9 Å². The topological polar surface area (TPSA) is 200 Å². The Morgan fingerprint density at radius 3 is 1.64 bits per heavy atom. The number of carbonyl (C=O) groups is 4. The number of carbonyl (C=O) groups excluding carboxylic acids is 4. The average molecular weight is 805 g/mol. The Labute approximate surface area is 334 Å². The van der Waals surface area contributed by atoms with Crippen LogP contribution in [0.5, 0.6) is 0 Å². The molecule has 0 unspecified atom stereocenters. The van der Waals surface area contributed by atoms with E-state index in [2.05, 4.69) is 50.8 Å². The number of fused-ring (bicyclic) bond motifs is 4. The SMILES string of the molecule is Cc1cn2cc(NC(=O)c3cnc(N4C[C@H]5CN(C)C[C@H]5C4=O)cn3)cc(F)c2n1.Cc1cn2cc(NC(=O)c3cnc(N4C[C@H]5CNC[C@H]5C4=O)cn3)cc(F)c2n1. The summed E-state index contributed by atoms with van der Waals surface area (Å²) in [5.41, 5.74) is 2.44. The normalized spacial score (nSPS) is 21.2. The number of likely N-dealkylation sites (tertiary alicyclic amines) is 1. The summed E-state index contributed by atoms with van der Waals surface area (Å²) in [5, 5.41) is 8.45. The van der Waals surface area contributed by atoms with Gasteiger partial charge in [0.1, 0.15) is 11.4 Å². The average Bonchev–Trinajstić information content (AvgIpc) is 4.06. The minimum absolute atomic E-state index is 0.00333. The van der Waals surface area contributed by atoms with Gasteiger partial charge in [0.15, 0.2) is 34.6 Å². The molecule has 0 aromatic carbocycles. The molecule has 6 aromatic heterocycles. The molecule has 0 radical (unpaired) electrons. The van der Waals surface area contributed by atoms with Crippen LogP contribution in [0.1, 0.15) is 32.4 Å². The first-order valence-electron chi connectivity index (χ1n) is 19.0. The lowest BCUT2D eigenvalue weighted by molar-refractivity contribution is -0.121. The van der Waals surface area contributed by atoms with Crippen molar-refractivity contribution in [2.75, 3.05) is 66.7 Å². The molecule has 10 rings (SSSR count). The van der Waals surface area contributed by atoms with E-state index < -0.39 is 23.4 Å². The molecule has 4 atom stereocenters. The number of aryl methyl sites for hydroxylation is 2.